The number of carbonyl (C=O) groups is 1. The lowest BCUT2D eigenvalue weighted by atomic mass is 9.89. The van der Waals surface area contributed by atoms with Gasteiger partial charge in [-0.2, -0.15) is 0 Å². The lowest BCUT2D eigenvalue weighted by Gasteiger charge is -2.34. The standard InChI is InChI=1S/C24H40N2O5/c1-23(2,17-30-22-8-6-7-12-29-22)20-14-19(31-25-20)15-21(27)24(3,4)26(5)11-9-18-10-13-28-16-18/h14,18,22H,6-13,15-17H2,1-5H3. The van der Waals surface area contributed by atoms with E-state index in [0.717, 1.165) is 64.2 Å². The molecule has 2 saturated heterocycles. The van der Waals surface area contributed by atoms with Crippen molar-refractivity contribution < 1.29 is 23.5 Å². The van der Waals surface area contributed by atoms with Crippen molar-refractivity contribution >= 4 is 5.78 Å². The van der Waals surface area contributed by atoms with Gasteiger partial charge in [-0.25, -0.2) is 0 Å². The summed E-state index contributed by atoms with van der Waals surface area (Å²) in [5.74, 6) is 1.34. The van der Waals surface area contributed by atoms with E-state index in [9.17, 15) is 4.79 Å². The van der Waals surface area contributed by atoms with Crippen LogP contribution in [0.2, 0.25) is 0 Å². The molecule has 0 aliphatic carbocycles. The summed E-state index contributed by atoms with van der Waals surface area (Å²) in [6.45, 7) is 12.0. The van der Waals surface area contributed by atoms with Gasteiger partial charge in [0.15, 0.2) is 12.1 Å². The van der Waals surface area contributed by atoms with Crippen LogP contribution in [0.15, 0.2) is 10.6 Å². The number of aromatic nitrogens is 1. The van der Waals surface area contributed by atoms with Gasteiger partial charge in [0.2, 0.25) is 0 Å². The van der Waals surface area contributed by atoms with Crippen LogP contribution in [0.25, 0.3) is 0 Å². The lowest BCUT2D eigenvalue weighted by Crippen LogP contribution is -2.49. The topological polar surface area (TPSA) is 74.0 Å². The van der Waals surface area contributed by atoms with E-state index in [1.807, 2.05) is 27.0 Å². The number of hydrogen-bond acceptors (Lipinski definition) is 7. The van der Waals surface area contributed by atoms with E-state index in [2.05, 4.69) is 23.9 Å². The van der Waals surface area contributed by atoms with Crippen molar-refractivity contribution in [2.24, 2.45) is 5.92 Å². The van der Waals surface area contributed by atoms with Crippen LogP contribution >= 0.6 is 0 Å². The van der Waals surface area contributed by atoms with Crippen molar-refractivity contribution in [1.29, 1.82) is 0 Å². The number of carbonyl (C=O) groups excluding carboxylic acids is 1. The summed E-state index contributed by atoms with van der Waals surface area (Å²) < 4.78 is 22.6. The van der Waals surface area contributed by atoms with Crippen LogP contribution < -0.4 is 0 Å². The summed E-state index contributed by atoms with van der Waals surface area (Å²) in [5.41, 5.74) is -0.0801. The molecule has 7 nitrogen and oxygen atoms in total. The quantitative estimate of drug-likeness (QED) is 0.523. The van der Waals surface area contributed by atoms with E-state index in [1.54, 1.807) is 0 Å². The van der Waals surface area contributed by atoms with E-state index in [1.165, 1.54) is 0 Å². The molecule has 0 N–H and O–H groups in total. The highest BCUT2D eigenvalue weighted by atomic mass is 16.7. The molecule has 3 heterocycles. The summed E-state index contributed by atoms with van der Waals surface area (Å²) in [6.07, 6.45) is 5.45. The molecule has 2 atom stereocenters. The Morgan fingerprint density at radius 2 is 2.03 bits per heavy atom. The van der Waals surface area contributed by atoms with Gasteiger partial charge in [0.05, 0.1) is 24.3 Å². The number of rotatable bonds is 11. The first-order chi connectivity index (χ1) is 14.7. The van der Waals surface area contributed by atoms with Gasteiger partial charge in [0.25, 0.3) is 0 Å². The number of ether oxygens (including phenoxy) is 3. The first-order valence-corrected chi connectivity index (χ1v) is 11.7. The fraction of sp³-hybridized carbons (Fsp3) is 0.833. The van der Waals surface area contributed by atoms with Gasteiger partial charge in [-0.3, -0.25) is 9.69 Å². The molecule has 31 heavy (non-hydrogen) atoms. The number of hydrogen-bond donors (Lipinski definition) is 0. The highest BCUT2D eigenvalue weighted by Crippen LogP contribution is 2.27. The molecular weight excluding hydrogens is 396 g/mol. The van der Waals surface area contributed by atoms with E-state index in [0.29, 0.717) is 18.3 Å². The SMILES string of the molecule is CN(CCC1CCOC1)C(C)(C)C(=O)Cc1cc(C(C)(C)COC2CCCCO2)no1. The van der Waals surface area contributed by atoms with Crippen LogP contribution in [0.4, 0.5) is 0 Å². The third kappa shape index (κ3) is 6.60. The Balaban J connectivity index is 1.51. The summed E-state index contributed by atoms with van der Waals surface area (Å²) in [5, 5.41) is 4.24. The molecule has 2 aliphatic rings. The van der Waals surface area contributed by atoms with Crippen LogP contribution in [0, 0.1) is 5.92 Å². The normalized spacial score (nSPS) is 22.9. The van der Waals surface area contributed by atoms with Crippen molar-refractivity contribution in [3.63, 3.8) is 0 Å². The van der Waals surface area contributed by atoms with Crippen molar-refractivity contribution in [2.45, 2.75) is 83.5 Å². The zero-order valence-corrected chi connectivity index (χ0v) is 19.9. The smallest absolute Gasteiger partial charge is 0.160 e. The first kappa shape index (κ1) is 24.4. The number of ketones is 1. The van der Waals surface area contributed by atoms with E-state index < -0.39 is 5.54 Å². The second kappa shape index (κ2) is 10.6. The zero-order valence-electron chi connectivity index (χ0n) is 19.9. The van der Waals surface area contributed by atoms with Crippen molar-refractivity contribution in [1.82, 2.24) is 10.1 Å². The summed E-state index contributed by atoms with van der Waals surface area (Å²) >= 11 is 0. The predicted octanol–water partition coefficient (Wildman–Crippen LogP) is 3.74. The molecule has 2 aliphatic heterocycles. The van der Waals surface area contributed by atoms with Gasteiger partial charge in [0.1, 0.15) is 5.76 Å². The van der Waals surface area contributed by atoms with Gasteiger partial charge in [-0.1, -0.05) is 19.0 Å². The number of nitrogens with zero attached hydrogens (tertiary/aromatic N) is 2. The third-order valence-corrected chi connectivity index (χ3v) is 6.89. The first-order valence-electron chi connectivity index (χ1n) is 11.7. The Labute approximate surface area is 186 Å². The Bertz CT molecular complexity index is 703. The van der Waals surface area contributed by atoms with Crippen LogP contribution in [-0.2, 0) is 30.8 Å². The molecule has 176 valence electrons. The molecule has 0 aromatic carbocycles. The van der Waals surface area contributed by atoms with Crippen LogP contribution in [-0.4, -0.2) is 67.7 Å². The van der Waals surface area contributed by atoms with Crippen molar-refractivity contribution in [3.05, 3.63) is 17.5 Å². The highest BCUT2D eigenvalue weighted by Gasteiger charge is 2.34. The average Bonchev–Trinajstić information content (AvgIpc) is 3.43. The van der Waals surface area contributed by atoms with Crippen LogP contribution in [0.5, 0.6) is 0 Å². The predicted molar refractivity (Wildman–Crippen MR) is 118 cm³/mol. The van der Waals surface area contributed by atoms with Crippen LogP contribution in [0.3, 0.4) is 0 Å². The number of likely N-dealkylation sites (N-methyl/N-ethyl adjacent to an activating group) is 1. The highest BCUT2D eigenvalue weighted by molar-refractivity contribution is 5.89. The molecule has 7 heteroatoms. The van der Waals surface area contributed by atoms with Gasteiger partial charge < -0.3 is 18.7 Å². The largest absolute Gasteiger partial charge is 0.381 e. The van der Waals surface area contributed by atoms with Gasteiger partial charge >= 0.3 is 0 Å². The van der Waals surface area contributed by atoms with Crippen LogP contribution in [0.1, 0.15) is 71.3 Å². The van der Waals surface area contributed by atoms with Crippen molar-refractivity contribution in [3.8, 4) is 0 Å². The number of Topliss-reactive ketones (excluding diaryl/α,β-unsaturated/α-hetero) is 1. The maximum atomic E-state index is 13.1. The Morgan fingerprint density at radius 3 is 2.71 bits per heavy atom. The average molecular weight is 437 g/mol. The lowest BCUT2D eigenvalue weighted by molar-refractivity contribution is -0.170. The van der Waals surface area contributed by atoms with Gasteiger partial charge in [-0.15, -0.1) is 0 Å². The minimum atomic E-state index is -0.566. The third-order valence-electron chi connectivity index (χ3n) is 6.89. The fourth-order valence-corrected chi connectivity index (χ4v) is 3.99. The van der Waals surface area contributed by atoms with E-state index >= 15 is 0 Å². The molecule has 0 amide bonds. The van der Waals surface area contributed by atoms with Gasteiger partial charge in [0, 0.05) is 31.3 Å². The minimum absolute atomic E-state index is 0.130. The monoisotopic (exact) mass is 436 g/mol. The molecule has 3 rings (SSSR count). The molecule has 0 saturated carbocycles. The second-order valence-corrected chi connectivity index (χ2v) is 10.3. The summed E-state index contributed by atoms with van der Waals surface area (Å²) in [7, 11) is 2.02. The fourth-order valence-electron chi connectivity index (χ4n) is 3.99. The molecular formula is C24H40N2O5. The van der Waals surface area contributed by atoms with Crippen molar-refractivity contribution in [2.75, 3.05) is 40.0 Å². The molecule has 2 unspecified atom stereocenters. The minimum Gasteiger partial charge on any atom is -0.381 e. The molecule has 0 spiro atoms. The Kier molecular flexibility index (Phi) is 8.30. The summed E-state index contributed by atoms with van der Waals surface area (Å²) in [6, 6.07) is 1.90. The summed E-state index contributed by atoms with van der Waals surface area (Å²) in [4.78, 5) is 15.2. The van der Waals surface area contributed by atoms with Gasteiger partial charge in [-0.05, 0) is 65.5 Å². The maximum absolute atomic E-state index is 13.1. The van der Waals surface area contributed by atoms with E-state index in [4.69, 9.17) is 18.7 Å². The molecule has 0 bridgehead atoms. The molecule has 1 aromatic rings. The molecule has 1 aromatic heterocycles. The zero-order chi connectivity index (χ0) is 22.5. The Hall–Kier alpha value is -1.28. The molecule has 0 radical (unpaired) electrons. The van der Waals surface area contributed by atoms with E-state index in [-0.39, 0.29) is 23.9 Å². The second-order valence-electron chi connectivity index (χ2n) is 10.3. The maximum Gasteiger partial charge on any atom is 0.160 e. The Morgan fingerprint density at radius 1 is 1.23 bits per heavy atom. The molecule has 2 fully saturated rings.